The van der Waals surface area contributed by atoms with Crippen LogP contribution in [0.5, 0.6) is 0 Å². The molecule has 0 radical (unpaired) electrons. The minimum atomic E-state index is -3.67. The fourth-order valence-electron chi connectivity index (χ4n) is 0.965. The summed E-state index contributed by atoms with van der Waals surface area (Å²) in [4.78, 5) is 0.166. The summed E-state index contributed by atoms with van der Waals surface area (Å²) in [6, 6.07) is 6.61. The Bertz CT molecular complexity index is 460. The van der Waals surface area contributed by atoms with E-state index in [9.17, 15) is 8.42 Å². The molecule has 16 heavy (non-hydrogen) atoms. The smallest absolute Gasteiger partial charge is 0.266 e. The van der Waals surface area contributed by atoms with Crippen LogP contribution < -0.4 is 0 Å². The fraction of sp³-hybridized carbons (Fsp3) is 0.455. The zero-order chi connectivity index (χ0) is 12.4. The van der Waals surface area contributed by atoms with Gasteiger partial charge in [0.1, 0.15) is 4.90 Å². The normalized spacial score (nSPS) is 12.8. The van der Waals surface area contributed by atoms with Gasteiger partial charge in [-0.15, -0.1) is 0 Å². The second kappa shape index (κ2) is 4.85. The van der Waals surface area contributed by atoms with Gasteiger partial charge in [-0.05, 0) is 33.5 Å². The predicted molar refractivity (Wildman–Crippen MR) is 66.7 cm³/mol. The van der Waals surface area contributed by atoms with Crippen molar-refractivity contribution in [3.63, 3.8) is 0 Å². The molecule has 0 heterocycles. The fourth-order valence-corrected chi connectivity index (χ4v) is 3.03. The highest BCUT2D eigenvalue weighted by atomic mass is 79.9. The van der Waals surface area contributed by atoms with Crippen molar-refractivity contribution in [1.82, 2.24) is 0 Å². The van der Waals surface area contributed by atoms with E-state index in [4.69, 9.17) is 4.18 Å². The molecule has 0 bridgehead atoms. The zero-order valence-corrected chi connectivity index (χ0v) is 11.9. The number of benzene rings is 1. The van der Waals surface area contributed by atoms with Crippen LogP contribution in [-0.2, 0) is 14.3 Å². The van der Waals surface area contributed by atoms with Crippen molar-refractivity contribution < 1.29 is 12.6 Å². The highest BCUT2D eigenvalue weighted by Gasteiger charge is 2.21. The zero-order valence-electron chi connectivity index (χ0n) is 9.53. The lowest BCUT2D eigenvalue weighted by molar-refractivity contribution is 0.203. The molecule has 0 aromatic heterocycles. The van der Waals surface area contributed by atoms with E-state index in [0.717, 1.165) is 0 Å². The quantitative estimate of drug-likeness (QED) is 0.805. The minimum absolute atomic E-state index is 0.163. The predicted octanol–water partition coefficient (Wildman–Crippen LogP) is 3.20. The van der Waals surface area contributed by atoms with Crippen LogP contribution in [0.15, 0.2) is 33.6 Å². The van der Waals surface area contributed by atoms with Gasteiger partial charge in [-0.2, -0.15) is 8.42 Å². The van der Waals surface area contributed by atoms with Gasteiger partial charge in [0.15, 0.2) is 0 Å². The summed E-state index contributed by atoms with van der Waals surface area (Å²) in [6.07, 6.45) is 0. The van der Waals surface area contributed by atoms with E-state index in [1.54, 1.807) is 18.2 Å². The maximum Gasteiger partial charge on any atom is 0.298 e. The van der Waals surface area contributed by atoms with Crippen molar-refractivity contribution in [2.75, 3.05) is 6.61 Å². The molecule has 0 fully saturated rings. The molecule has 90 valence electrons. The molecule has 0 aliphatic carbocycles. The standard InChI is InChI=1S/C11H15BrO3S/c1-11(2,3)8-15-16(13,14)10-7-5-4-6-9(10)12/h4-7H,8H2,1-3H3. The minimum Gasteiger partial charge on any atom is -0.266 e. The Kier molecular flexibility index (Phi) is 4.15. The van der Waals surface area contributed by atoms with E-state index < -0.39 is 10.1 Å². The Morgan fingerprint density at radius 1 is 1.25 bits per heavy atom. The summed E-state index contributed by atoms with van der Waals surface area (Å²) >= 11 is 3.19. The van der Waals surface area contributed by atoms with Gasteiger partial charge < -0.3 is 0 Å². The van der Waals surface area contributed by atoms with Crippen LogP contribution in [0.3, 0.4) is 0 Å². The number of hydrogen-bond acceptors (Lipinski definition) is 3. The van der Waals surface area contributed by atoms with E-state index in [0.29, 0.717) is 4.47 Å². The Balaban J connectivity index is 2.92. The molecule has 0 saturated carbocycles. The highest BCUT2D eigenvalue weighted by Crippen LogP contribution is 2.24. The number of hydrogen-bond donors (Lipinski definition) is 0. The molecule has 1 aromatic carbocycles. The third-order valence-electron chi connectivity index (χ3n) is 1.75. The Morgan fingerprint density at radius 2 is 1.81 bits per heavy atom. The average molecular weight is 307 g/mol. The molecule has 0 N–H and O–H groups in total. The van der Waals surface area contributed by atoms with Crippen molar-refractivity contribution in [2.24, 2.45) is 5.41 Å². The second-order valence-electron chi connectivity index (χ2n) is 4.71. The van der Waals surface area contributed by atoms with E-state index in [2.05, 4.69) is 15.9 Å². The molecular weight excluding hydrogens is 292 g/mol. The van der Waals surface area contributed by atoms with E-state index >= 15 is 0 Å². The van der Waals surface area contributed by atoms with Gasteiger partial charge in [0.2, 0.25) is 0 Å². The molecule has 0 aliphatic rings. The molecule has 0 saturated heterocycles. The second-order valence-corrected chi connectivity index (χ2v) is 7.15. The summed E-state index contributed by atoms with van der Waals surface area (Å²) in [7, 11) is -3.67. The lowest BCUT2D eigenvalue weighted by atomic mass is 9.99. The molecule has 0 atom stereocenters. The van der Waals surface area contributed by atoms with Crippen LogP contribution in [0.2, 0.25) is 0 Å². The lowest BCUT2D eigenvalue weighted by Crippen LogP contribution is -2.18. The first kappa shape index (κ1) is 13.7. The third-order valence-corrected chi connectivity index (χ3v) is 4.03. The van der Waals surface area contributed by atoms with E-state index in [1.807, 2.05) is 20.8 Å². The van der Waals surface area contributed by atoms with Crippen LogP contribution in [-0.4, -0.2) is 15.0 Å². The maximum absolute atomic E-state index is 11.8. The van der Waals surface area contributed by atoms with Crippen LogP contribution in [0.25, 0.3) is 0 Å². The largest absolute Gasteiger partial charge is 0.298 e. The molecule has 0 aliphatic heterocycles. The number of rotatable bonds is 3. The van der Waals surface area contributed by atoms with Gasteiger partial charge in [-0.3, -0.25) is 4.18 Å². The summed E-state index contributed by atoms with van der Waals surface area (Å²) in [5.41, 5.74) is -0.186. The van der Waals surface area contributed by atoms with Gasteiger partial charge in [-0.1, -0.05) is 32.9 Å². The van der Waals surface area contributed by atoms with Gasteiger partial charge in [-0.25, -0.2) is 0 Å². The molecule has 0 amide bonds. The molecule has 3 nitrogen and oxygen atoms in total. The first-order valence-corrected chi connectivity index (χ1v) is 7.06. The summed E-state index contributed by atoms with van der Waals surface area (Å²) < 4.78 is 29.2. The van der Waals surface area contributed by atoms with Crippen LogP contribution in [0.1, 0.15) is 20.8 Å². The highest BCUT2D eigenvalue weighted by molar-refractivity contribution is 9.10. The Hall–Kier alpha value is -0.390. The van der Waals surface area contributed by atoms with Crippen LogP contribution >= 0.6 is 15.9 Å². The topological polar surface area (TPSA) is 43.4 Å². The van der Waals surface area contributed by atoms with Crippen molar-refractivity contribution in [3.05, 3.63) is 28.7 Å². The first-order valence-electron chi connectivity index (χ1n) is 4.86. The Labute approximate surface area is 105 Å². The SMILES string of the molecule is CC(C)(C)COS(=O)(=O)c1ccccc1Br. The van der Waals surface area contributed by atoms with Gasteiger partial charge in [0.05, 0.1) is 6.61 Å². The molecule has 0 spiro atoms. The molecule has 1 aromatic rings. The molecule has 0 unspecified atom stereocenters. The van der Waals surface area contributed by atoms with Crippen LogP contribution in [0, 0.1) is 5.41 Å². The monoisotopic (exact) mass is 306 g/mol. The molecule has 1 rings (SSSR count). The van der Waals surface area contributed by atoms with Crippen molar-refractivity contribution in [2.45, 2.75) is 25.7 Å². The van der Waals surface area contributed by atoms with Gasteiger partial charge in [0.25, 0.3) is 10.1 Å². The van der Waals surface area contributed by atoms with Crippen molar-refractivity contribution in [1.29, 1.82) is 0 Å². The van der Waals surface area contributed by atoms with E-state index in [1.165, 1.54) is 6.07 Å². The van der Waals surface area contributed by atoms with E-state index in [-0.39, 0.29) is 16.9 Å². The maximum atomic E-state index is 11.8. The lowest BCUT2D eigenvalue weighted by Gasteiger charge is -2.17. The third kappa shape index (κ3) is 3.88. The average Bonchev–Trinajstić information content (AvgIpc) is 2.14. The molecule has 5 heteroatoms. The van der Waals surface area contributed by atoms with Crippen molar-refractivity contribution in [3.8, 4) is 0 Å². The van der Waals surface area contributed by atoms with Crippen molar-refractivity contribution >= 4 is 26.0 Å². The van der Waals surface area contributed by atoms with Gasteiger partial charge in [0, 0.05) is 4.47 Å². The summed E-state index contributed by atoms with van der Waals surface area (Å²) in [5, 5.41) is 0. The summed E-state index contributed by atoms with van der Waals surface area (Å²) in [5.74, 6) is 0. The number of halogens is 1. The van der Waals surface area contributed by atoms with Crippen LogP contribution in [0.4, 0.5) is 0 Å². The first-order chi connectivity index (χ1) is 7.22. The molecular formula is C11H15BrO3S. The Morgan fingerprint density at radius 3 is 2.31 bits per heavy atom. The summed E-state index contributed by atoms with van der Waals surface area (Å²) in [6.45, 7) is 5.92. The van der Waals surface area contributed by atoms with Gasteiger partial charge >= 0.3 is 0 Å².